The van der Waals surface area contributed by atoms with Crippen molar-refractivity contribution in [3.8, 4) is 0 Å². The smallest absolute Gasteiger partial charge is 0.410 e. The molecule has 7 heteroatoms. The first-order chi connectivity index (χ1) is 11.6. The van der Waals surface area contributed by atoms with Crippen LogP contribution in [0.1, 0.15) is 12.0 Å². The van der Waals surface area contributed by atoms with Gasteiger partial charge in [0.25, 0.3) is 0 Å². The fourth-order valence-corrected chi connectivity index (χ4v) is 3.02. The van der Waals surface area contributed by atoms with Gasteiger partial charge in [-0.3, -0.25) is 9.69 Å². The average molecular weight is 336 g/mol. The topological polar surface area (TPSA) is 59.1 Å². The van der Waals surface area contributed by atoms with Crippen LogP contribution in [0.25, 0.3) is 0 Å². The molecule has 2 saturated heterocycles. The Bertz CT molecular complexity index is 577. The highest BCUT2D eigenvalue weighted by Gasteiger charge is 2.42. The van der Waals surface area contributed by atoms with Crippen LogP contribution in [0.15, 0.2) is 30.3 Å². The SMILES string of the molecule is O=C([C@@H]1C[C@@H](F)CN1C(=O)OCc1ccccc1)N1CCOCC1. The van der Waals surface area contributed by atoms with Gasteiger partial charge in [0.05, 0.1) is 19.8 Å². The van der Waals surface area contributed by atoms with Gasteiger partial charge >= 0.3 is 6.09 Å². The highest BCUT2D eigenvalue weighted by atomic mass is 19.1. The minimum absolute atomic E-state index is 0.0244. The monoisotopic (exact) mass is 336 g/mol. The molecule has 0 saturated carbocycles. The third-order valence-corrected chi connectivity index (χ3v) is 4.30. The van der Waals surface area contributed by atoms with Gasteiger partial charge in [-0.05, 0) is 5.56 Å². The van der Waals surface area contributed by atoms with Crippen LogP contribution in [0, 0.1) is 0 Å². The Morgan fingerprint density at radius 3 is 2.62 bits per heavy atom. The Morgan fingerprint density at radius 2 is 1.92 bits per heavy atom. The van der Waals surface area contributed by atoms with Crippen molar-refractivity contribution < 1.29 is 23.5 Å². The van der Waals surface area contributed by atoms with E-state index >= 15 is 0 Å². The summed E-state index contributed by atoms with van der Waals surface area (Å²) in [5.41, 5.74) is 0.845. The van der Waals surface area contributed by atoms with Gasteiger partial charge in [-0.25, -0.2) is 9.18 Å². The first-order valence-electron chi connectivity index (χ1n) is 8.13. The number of rotatable bonds is 3. The molecule has 6 nitrogen and oxygen atoms in total. The first-order valence-corrected chi connectivity index (χ1v) is 8.13. The fourth-order valence-electron chi connectivity index (χ4n) is 3.02. The number of benzene rings is 1. The number of likely N-dealkylation sites (tertiary alicyclic amines) is 1. The number of carbonyl (C=O) groups excluding carboxylic acids is 2. The first kappa shape index (κ1) is 16.7. The van der Waals surface area contributed by atoms with Gasteiger partial charge in [0.1, 0.15) is 18.8 Å². The van der Waals surface area contributed by atoms with Crippen molar-refractivity contribution >= 4 is 12.0 Å². The fraction of sp³-hybridized carbons (Fsp3) is 0.529. The van der Waals surface area contributed by atoms with Gasteiger partial charge in [0.15, 0.2) is 0 Å². The van der Waals surface area contributed by atoms with E-state index in [0.717, 1.165) is 5.56 Å². The quantitative estimate of drug-likeness (QED) is 0.841. The van der Waals surface area contributed by atoms with Gasteiger partial charge in [-0.15, -0.1) is 0 Å². The van der Waals surface area contributed by atoms with Crippen molar-refractivity contribution in [1.82, 2.24) is 9.80 Å². The van der Waals surface area contributed by atoms with E-state index in [0.29, 0.717) is 26.3 Å². The molecule has 2 fully saturated rings. The molecule has 0 bridgehead atoms. The van der Waals surface area contributed by atoms with Crippen LogP contribution in [0.4, 0.5) is 9.18 Å². The molecule has 0 spiro atoms. The van der Waals surface area contributed by atoms with Gasteiger partial charge in [-0.2, -0.15) is 0 Å². The molecule has 24 heavy (non-hydrogen) atoms. The number of morpholine rings is 1. The van der Waals surface area contributed by atoms with E-state index in [1.165, 1.54) is 4.90 Å². The summed E-state index contributed by atoms with van der Waals surface area (Å²) in [6.45, 7) is 1.88. The number of hydrogen-bond acceptors (Lipinski definition) is 4. The second kappa shape index (κ2) is 7.61. The Labute approximate surface area is 140 Å². The molecule has 2 aliphatic rings. The molecular weight excluding hydrogens is 315 g/mol. The normalized spacial score (nSPS) is 24.0. The molecule has 0 radical (unpaired) electrons. The van der Waals surface area contributed by atoms with Crippen molar-refractivity contribution in [2.45, 2.75) is 25.2 Å². The third kappa shape index (κ3) is 3.84. The molecule has 2 atom stereocenters. The van der Waals surface area contributed by atoms with Crippen LogP contribution >= 0.6 is 0 Å². The second-order valence-corrected chi connectivity index (χ2v) is 5.98. The van der Waals surface area contributed by atoms with E-state index < -0.39 is 18.3 Å². The summed E-state index contributed by atoms with van der Waals surface area (Å²) in [6, 6.07) is 8.46. The van der Waals surface area contributed by atoms with Crippen molar-refractivity contribution in [1.29, 1.82) is 0 Å². The highest BCUT2D eigenvalue weighted by molar-refractivity contribution is 5.86. The number of amides is 2. The average Bonchev–Trinajstić information content (AvgIpc) is 3.02. The Morgan fingerprint density at radius 1 is 1.21 bits per heavy atom. The zero-order chi connectivity index (χ0) is 16.9. The summed E-state index contributed by atoms with van der Waals surface area (Å²) < 4.78 is 24.3. The summed E-state index contributed by atoms with van der Waals surface area (Å²) in [6.07, 6.45) is -1.83. The van der Waals surface area contributed by atoms with Gasteiger partial charge < -0.3 is 14.4 Å². The van der Waals surface area contributed by atoms with E-state index in [4.69, 9.17) is 9.47 Å². The van der Waals surface area contributed by atoms with Crippen molar-refractivity contribution in [3.63, 3.8) is 0 Å². The number of alkyl halides is 1. The van der Waals surface area contributed by atoms with Crippen LogP contribution in [0.3, 0.4) is 0 Å². The summed E-state index contributed by atoms with van der Waals surface area (Å²) in [5, 5.41) is 0. The van der Waals surface area contributed by atoms with Crippen LogP contribution < -0.4 is 0 Å². The maximum absolute atomic E-state index is 13.8. The molecule has 1 aromatic rings. The maximum Gasteiger partial charge on any atom is 0.410 e. The lowest BCUT2D eigenvalue weighted by molar-refractivity contribution is -0.139. The summed E-state index contributed by atoms with van der Waals surface area (Å²) in [5.74, 6) is -0.227. The van der Waals surface area contributed by atoms with Crippen LogP contribution in [-0.2, 0) is 20.9 Å². The Kier molecular flexibility index (Phi) is 5.30. The lowest BCUT2D eigenvalue weighted by atomic mass is 10.1. The van der Waals surface area contributed by atoms with E-state index in [1.54, 1.807) is 4.90 Å². The standard InChI is InChI=1S/C17H21FN2O4/c18-14-10-15(16(21)19-6-8-23-9-7-19)20(11-14)17(22)24-12-13-4-2-1-3-5-13/h1-5,14-15H,6-12H2/t14-,15+/m1/s1. The number of ether oxygens (including phenoxy) is 2. The molecule has 0 unspecified atom stereocenters. The number of halogens is 1. The van der Waals surface area contributed by atoms with Crippen LogP contribution in [0.5, 0.6) is 0 Å². The predicted octanol–water partition coefficient (Wildman–Crippen LogP) is 1.59. The molecule has 0 aliphatic carbocycles. The van der Waals surface area contributed by atoms with Crippen LogP contribution in [0.2, 0.25) is 0 Å². The summed E-state index contributed by atoms with van der Waals surface area (Å²) in [4.78, 5) is 27.7. The van der Waals surface area contributed by atoms with Crippen molar-refractivity contribution in [3.05, 3.63) is 35.9 Å². The lowest BCUT2D eigenvalue weighted by Gasteiger charge is -2.32. The number of nitrogens with zero attached hydrogens (tertiary/aromatic N) is 2. The molecule has 2 amide bonds. The van der Waals surface area contributed by atoms with Crippen molar-refractivity contribution in [2.24, 2.45) is 0 Å². The zero-order valence-electron chi connectivity index (χ0n) is 13.4. The minimum Gasteiger partial charge on any atom is -0.445 e. The minimum atomic E-state index is -1.20. The lowest BCUT2D eigenvalue weighted by Crippen LogP contribution is -2.51. The molecule has 2 heterocycles. The maximum atomic E-state index is 13.8. The van der Waals surface area contributed by atoms with Crippen molar-refractivity contribution in [2.75, 3.05) is 32.8 Å². The molecular formula is C17H21FN2O4. The van der Waals surface area contributed by atoms with E-state index in [1.807, 2.05) is 30.3 Å². The molecule has 0 N–H and O–H groups in total. The van der Waals surface area contributed by atoms with Gasteiger partial charge in [0, 0.05) is 19.5 Å². The largest absolute Gasteiger partial charge is 0.445 e. The molecule has 1 aromatic carbocycles. The zero-order valence-corrected chi connectivity index (χ0v) is 13.4. The van der Waals surface area contributed by atoms with E-state index in [2.05, 4.69) is 0 Å². The molecule has 2 aliphatic heterocycles. The Hall–Kier alpha value is -2.15. The third-order valence-electron chi connectivity index (χ3n) is 4.30. The highest BCUT2D eigenvalue weighted by Crippen LogP contribution is 2.24. The molecule has 0 aromatic heterocycles. The number of carbonyl (C=O) groups is 2. The van der Waals surface area contributed by atoms with Gasteiger partial charge in [-0.1, -0.05) is 30.3 Å². The van der Waals surface area contributed by atoms with E-state index in [9.17, 15) is 14.0 Å². The summed E-state index contributed by atoms with van der Waals surface area (Å²) >= 11 is 0. The number of hydrogen-bond donors (Lipinski definition) is 0. The molecule has 3 rings (SSSR count). The molecule has 130 valence electrons. The Balaban J connectivity index is 1.61. The van der Waals surface area contributed by atoms with Gasteiger partial charge in [0.2, 0.25) is 5.91 Å². The predicted molar refractivity (Wildman–Crippen MR) is 84.0 cm³/mol. The summed E-state index contributed by atoms with van der Waals surface area (Å²) in [7, 11) is 0. The van der Waals surface area contributed by atoms with Crippen LogP contribution in [-0.4, -0.2) is 66.9 Å². The second-order valence-electron chi connectivity index (χ2n) is 5.98. The van der Waals surface area contributed by atoms with E-state index in [-0.39, 0.29) is 25.5 Å².